The lowest BCUT2D eigenvalue weighted by atomic mass is 9.78. The molecule has 0 spiro atoms. The third-order valence-corrected chi connectivity index (χ3v) is 5.67. The molecule has 1 aromatic carbocycles. The Morgan fingerprint density at radius 2 is 2.00 bits per heavy atom. The fourth-order valence-electron chi connectivity index (χ4n) is 3.56. The molecule has 0 fully saturated rings. The minimum atomic E-state index is -0.945. The van der Waals surface area contributed by atoms with Gasteiger partial charge >= 0.3 is 12.0 Å². The first-order valence-electron chi connectivity index (χ1n) is 9.87. The molecule has 3 N–H and O–H groups in total. The summed E-state index contributed by atoms with van der Waals surface area (Å²) in [7, 11) is 0. The first-order chi connectivity index (χ1) is 13.3. The number of hydrogen-bond acceptors (Lipinski definition) is 3. The fourth-order valence-corrected chi connectivity index (χ4v) is 3.84. The summed E-state index contributed by atoms with van der Waals surface area (Å²) in [5.41, 5.74) is 1.27. The number of carbonyl (C=O) groups is 2. The van der Waals surface area contributed by atoms with Crippen LogP contribution in [0, 0.1) is 5.92 Å². The van der Waals surface area contributed by atoms with Crippen LogP contribution in [0.2, 0.25) is 5.02 Å². The summed E-state index contributed by atoms with van der Waals surface area (Å²) in [4.78, 5) is 25.0. The first-order valence-corrected chi connectivity index (χ1v) is 10.3. The lowest BCUT2D eigenvalue weighted by Gasteiger charge is -2.42. The Balaban J connectivity index is 2.36. The van der Waals surface area contributed by atoms with Crippen LogP contribution < -0.4 is 5.32 Å². The molecule has 0 unspecified atom stereocenters. The number of rotatable bonds is 8. The van der Waals surface area contributed by atoms with Gasteiger partial charge in [0.2, 0.25) is 0 Å². The van der Waals surface area contributed by atoms with Gasteiger partial charge in [0.1, 0.15) is 0 Å². The number of urea groups is 1. The van der Waals surface area contributed by atoms with E-state index < -0.39 is 17.1 Å². The lowest BCUT2D eigenvalue weighted by Crippen LogP contribution is -2.55. The third-order valence-electron chi connectivity index (χ3n) is 5.32. The van der Waals surface area contributed by atoms with Gasteiger partial charge in [-0.25, -0.2) is 4.79 Å². The number of aryl methyl sites for hydroxylation is 1. The van der Waals surface area contributed by atoms with Crippen molar-refractivity contribution in [1.82, 2.24) is 10.2 Å². The number of aliphatic hydroxyl groups is 1. The number of hydrogen-bond donors (Lipinski definition) is 3. The maximum absolute atomic E-state index is 12.6. The van der Waals surface area contributed by atoms with Gasteiger partial charge in [-0.2, -0.15) is 0 Å². The summed E-state index contributed by atoms with van der Waals surface area (Å²) < 4.78 is 0. The maximum Gasteiger partial charge on any atom is 0.322 e. The summed E-state index contributed by atoms with van der Waals surface area (Å²) >= 11 is 6.53. The summed E-state index contributed by atoms with van der Waals surface area (Å²) in [5.74, 6) is -0.819. The van der Waals surface area contributed by atoms with Gasteiger partial charge in [-0.15, -0.1) is 0 Å². The van der Waals surface area contributed by atoms with Crippen LogP contribution in [0.15, 0.2) is 30.0 Å². The maximum atomic E-state index is 12.6. The highest BCUT2D eigenvalue weighted by atomic mass is 35.5. The molecule has 2 rings (SSSR count). The number of carboxylic acid groups (broad SMARTS) is 1. The van der Waals surface area contributed by atoms with Crippen LogP contribution in [0.1, 0.15) is 58.6 Å². The van der Waals surface area contributed by atoms with Gasteiger partial charge in [-0.1, -0.05) is 37.6 Å². The molecule has 1 heterocycles. The van der Waals surface area contributed by atoms with E-state index in [0.717, 1.165) is 16.7 Å². The fraction of sp³-hybridized carbons (Fsp3) is 0.545. The van der Waals surface area contributed by atoms with Crippen LogP contribution in [-0.2, 0) is 16.8 Å². The quantitative estimate of drug-likeness (QED) is 0.582. The van der Waals surface area contributed by atoms with Gasteiger partial charge in [0.15, 0.2) is 0 Å². The highest BCUT2D eigenvalue weighted by Gasteiger charge is 2.39. The molecule has 0 bridgehead atoms. The molecule has 0 saturated heterocycles. The van der Waals surface area contributed by atoms with E-state index in [1.165, 1.54) is 4.90 Å². The van der Waals surface area contributed by atoms with E-state index in [9.17, 15) is 14.7 Å². The van der Waals surface area contributed by atoms with Gasteiger partial charge in [0, 0.05) is 17.8 Å². The number of carboxylic acids is 1. The molecular formula is C22H31ClN2O4. The summed E-state index contributed by atoms with van der Waals surface area (Å²) in [6.45, 7) is 9.66. The Morgan fingerprint density at radius 3 is 2.52 bits per heavy atom. The molecule has 1 aromatic rings. The van der Waals surface area contributed by atoms with E-state index in [-0.39, 0.29) is 24.9 Å². The molecule has 1 atom stereocenters. The van der Waals surface area contributed by atoms with Gasteiger partial charge in [-0.05, 0) is 62.3 Å². The van der Waals surface area contributed by atoms with Crippen molar-refractivity contribution in [3.8, 4) is 0 Å². The average molecular weight is 423 g/mol. The van der Waals surface area contributed by atoms with Crippen LogP contribution in [0.5, 0.6) is 0 Å². The largest absolute Gasteiger partial charge is 0.481 e. The monoisotopic (exact) mass is 422 g/mol. The van der Waals surface area contributed by atoms with Crippen molar-refractivity contribution in [1.29, 1.82) is 0 Å². The number of amides is 2. The van der Waals surface area contributed by atoms with Gasteiger partial charge < -0.3 is 20.4 Å². The molecule has 1 aliphatic rings. The SMILES string of the molecule is CC(C)C1=CN(CCC(=O)O)C(=O)N[C@@]1(C)c1ccc(CCC(C)(C)O)c(Cl)c1. The molecule has 0 saturated carbocycles. The zero-order valence-corrected chi connectivity index (χ0v) is 18.5. The van der Waals surface area contributed by atoms with Gasteiger partial charge in [0.05, 0.1) is 17.6 Å². The van der Waals surface area contributed by atoms with E-state index in [1.54, 1.807) is 20.0 Å². The van der Waals surface area contributed by atoms with Crippen molar-refractivity contribution in [2.45, 2.75) is 65.0 Å². The Bertz CT molecular complexity index is 814. The number of aliphatic carboxylic acids is 1. The first kappa shape index (κ1) is 23.2. The lowest BCUT2D eigenvalue weighted by molar-refractivity contribution is -0.137. The standard InChI is InChI=1S/C22H31ClN2O4/c1-14(2)17-13-25(11-9-19(26)27)20(28)24-22(17,5)16-7-6-15(18(23)12-16)8-10-21(3,4)29/h6-7,12-14,29H,8-11H2,1-5H3,(H,24,28)(H,26,27)/t22-/m0/s1. The van der Waals surface area contributed by atoms with Crippen LogP contribution >= 0.6 is 11.6 Å². The predicted octanol–water partition coefficient (Wildman–Crippen LogP) is 4.30. The van der Waals surface area contributed by atoms with E-state index in [4.69, 9.17) is 16.7 Å². The molecule has 7 heteroatoms. The molecule has 1 aliphatic heterocycles. The number of halogens is 1. The molecule has 0 aliphatic carbocycles. The number of nitrogens with zero attached hydrogens (tertiary/aromatic N) is 1. The van der Waals surface area contributed by atoms with E-state index in [2.05, 4.69) is 5.32 Å². The van der Waals surface area contributed by atoms with Crippen molar-refractivity contribution in [2.75, 3.05) is 6.54 Å². The van der Waals surface area contributed by atoms with Crippen molar-refractivity contribution in [3.05, 3.63) is 46.1 Å². The summed E-state index contributed by atoms with van der Waals surface area (Å²) in [6, 6.07) is 5.43. The molecule has 2 amide bonds. The highest BCUT2D eigenvalue weighted by Crippen LogP contribution is 2.38. The van der Waals surface area contributed by atoms with Crippen LogP contribution in [0.4, 0.5) is 4.79 Å². The van der Waals surface area contributed by atoms with E-state index >= 15 is 0 Å². The van der Waals surface area contributed by atoms with E-state index in [0.29, 0.717) is 17.9 Å². The van der Waals surface area contributed by atoms with Crippen LogP contribution in [-0.4, -0.2) is 39.3 Å². The van der Waals surface area contributed by atoms with Crippen LogP contribution in [0.3, 0.4) is 0 Å². The number of nitrogens with one attached hydrogen (secondary N) is 1. The van der Waals surface area contributed by atoms with Crippen molar-refractivity contribution in [2.24, 2.45) is 5.92 Å². The smallest absolute Gasteiger partial charge is 0.322 e. The molecule has 160 valence electrons. The third kappa shape index (κ3) is 5.73. The average Bonchev–Trinajstić information content (AvgIpc) is 2.58. The second kappa shape index (κ2) is 8.76. The second-order valence-electron chi connectivity index (χ2n) is 8.75. The van der Waals surface area contributed by atoms with Crippen LogP contribution in [0.25, 0.3) is 0 Å². The minimum Gasteiger partial charge on any atom is -0.481 e. The zero-order chi connectivity index (χ0) is 22.0. The number of carbonyl (C=O) groups excluding carboxylic acids is 1. The molecule has 0 radical (unpaired) electrons. The molecule has 29 heavy (non-hydrogen) atoms. The Kier molecular flexibility index (Phi) is 7.01. The Labute approximate surface area is 177 Å². The summed E-state index contributed by atoms with van der Waals surface area (Å²) in [6.07, 6.45) is 2.90. The second-order valence-corrected chi connectivity index (χ2v) is 9.16. The Hall–Kier alpha value is -2.05. The van der Waals surface area contributed by atoms with E-state index in [1.807, 2.05) is 39.0 Å². The molecular weight excluding hydrogens is 392 g/mol. The highest BCUT2D eigenvalue weighted by molar-refractivity contribution is 6.31. The van der Waals surface area contributed by atoms with Gasteiger partial charge in [-0.3, -0.25) is 4.79 Å². The topological polar surface area (TPSA) is 89.9 Å². The van der Waals surface area contributed by atoms with Crippen molar-refractivity contribution in [3.63, 3.8) is 0 Å². The van der Waals surface area contributed by atoms with Crippen molar-refractivity contribution < 1.29 is 19.8 Å². The minimum absolute atomic E-state index is 0.115. The van der Waals surface area contributed by atoms with Gasteiger partial charge in [0.25, 0.3) is 0 Å². The zero-order valence-electron chi connectivity index (χ0n) is 17.8. The Morgan fingerprint density at radius 1 is 1.34 bits per heavy atom. The van der Waals surface area contributed by atoms with Crippen molar-refractivity contribution >= 4 is 23.6 Å². The predicted molar refractivity (Wildman–Crippen MR) is 114 cm³/mol. The molecule has 0 aromatic heterocycles. The normalized spacial score (nSPS) is 19.9. The summed E-state index contributed by atoms with van der Waals surface area (Å²) in [5, 5.41) is 22.5. The number of benzene rings is 1. The molecule has 6 nitrogen and oxygen atoms in total.